The molecule has 0 saturated carbocycles. The molecule has 2 aromatic rings. The number of aliphatic hydroxyl groups is 1. The minimum absolute atomic E-state index is 0.102. The van der Waals surface area contributed by atoms with Crippen molar-refractivity contribution in [2.75, 3.05) is 5.32 Å². The summed E-state index contributed by atoms with van der Waals surface area (Å²) in [6.45, 7) is 4.68. The van der Waals surface area contributed by atoms with Crippen LogP contribution >= 0.6 is 15.9 Å². The second-order valence-corrected chi connectivity index (χ2v) is 8.51. The lowest BCUT2D eigenvalue weighted by Gasteiger charge is -2.43. The second-order valence-electron chi connectivity index (χ2n) is 7.59. The zero-order valence-electron chi connectivity index (χ0n) is 16.2. The van der Waals surface area contributed by atoms with Crippen LogP contribution in [0.5, 0.6) is 0 Å². The molecule has 1 aliphatic rings. The number of hydrogen-bond acceptors (Lipinski definition) is 4. The maximum absolute atomic E-state index is 12.7. The van der Waals surface area contributed by atoms with Gasteiger partial charge in [0.2, 0.25) is 0 Å². The first-order valence-corrected chi connectivity index (χ1v) is 10.0. The third kappa shape index (κ3) is 4.10. The monoisotopic (exact) mass is 441 g/mol. The largest absolute Gasteiger partial charge is 0.389 e. The van der Waals surface area contributed by atoms with Gasteiger partial charge in [-0.05, 0) is 50.6 Å². The molecule has 0 spiro atoms. The summed E-state index contributed by atoms with van der Waals surface area (Å²) < 4.78 is 0.952. The molecule has 28 heavy (non-hydrogen) atoms. The summed E-state index contributed by atoms with van der Waals surface area (Å²) in [4.78, 5) is 25.3. The number of carbonyl (C=O) groups is 2. The Morgan fingerprint density at radius 3 is 2.21 bits per heavy atom. The molecule has 0 fully saturated rings. The lowest BCUT2D eigenvalue weighted by atomic mass is 9.64. The van der Waals surface area contributed by atoms with E-state index in [2.05, 4.69) is 21.2 Å². The van der Waals surface area contributed by atoms with E-state index in [0.29, 0.717) is 11.3 Å². The van der Waals surface area contributed by atoms with E-state index in [1.807, 2.05) is 54.6 Å². The number of rotatable bonds is 5. The van der Waals surface area contributed by atoms with E-state index >= 15 is 0 Å². The van der Waals surface area contributed by atoms with Crippen LogP contribution in [-0.2, 0) is 9.59 Å². The summed E-state index contributed by atoms with van der Waals surface area (Å²) in [6.07, 6.45) is 0.200. The van der Waals surface area contributed by atoms with Crippen molar-refractivity contribution in [1.29, 1.82) is 0 Å². The molecule has 0 aromatic heterocycles. The molecule has 146 valence electrons. The molecule has 1 aliphatic carbocycles. The first-order valence-electron chi connectivity index (χ1n) is 9.25. The van der Waals surface area contributed by atoms with Crippen molar-refractivity contribution in [2.24, 2.45) is 5.92 Å². The molecule has 0 saturated heterocycles. The number of Topliss-reactive ketones (excluding diaryl/α,β-unsaturated/α-hetero) is 2. The zero-order valence-corrected chi connectivity index (χ0v) is 17.8. The van der Waals surface area contributed by atoms with Crippen LogP contribution in [0.3, 0.4) is 0 Å². The summed E-state index contributed by atoms with van der Waals surface area (Å²) in [5.74, 6) is -1.42. The van der Waals surface area contributed by atoms with Crippen LogP contribution in [0.15, 0.2) is 70.3 Å². The van der Waals surface area contributed by atoms with Crippen molar-refractivity contribution in [1.82, 2.24) is 0 Å². The highest BCUT2D eigenvalue weighted by molar-refractivity contribution is 9.10. The first kappa shape index (κ1) is 20.5. The third-order valence-electron chi connectivity index (χ3n) is 5.29. The number of halogens is 1. The van der Waals surface area contributed by atoms with E-state index in [1.54, 1.807) is 6.92 Å². The van der Waals surface area contributed by atoms with Crippen LogP contribution in [0.1, 0.15) is 38.7 Å². The lowest BCUT2D eigenvalue weighted by Crippen LogP contribution is -2.48. The van der Waals surface area contributed by atoms with Gasteiger partial charge in [-0.3, -0.25) is 9.59 Å². The van der Waals surface area contributed by atoms with Crippen LogP contribution in [0.25, 0.3) is 0 Å². The van der Waals surface area contributed by atoms with E-state index in [1.165, 1.54) is 13.8 Å². The number of anilines is 1. The molecule has 5 heteroatoms. The van der Waals surface area contributed by atoms with Gasteiger partial charge >= 0.3 is 0 Å². The van der Waals surface area contributed by atoms with Gasteiger partial charge in [0, 0.05) is 33.8 Å². The summed E-state index contributed by atoms with van der Waals surface area (Å²) in [5, 5.41) is 14.5. The summed E-state index contributed by atoms with van der Waals surface area (Å²) in [6, 6.07) is 17.1. The molecule has 0 heterocycles. The van der Waals surface area contributed by atoms with Gasteiger partial charge in [-0.15, -0.1) is 0 Å². The van der Waals surface area contributed by atoms with Crippen LogP contribution in [0.2, 0.25) is 0 Å². The molecule has 0 unspecified atom stereocenters. The molecule has 2 N–H and O–H groups in total. The van der Waals surface area contributed by atoms with E-state index < -0.39 is 17.4 Å². The van der Waals surface area contributed by atoms with Crippen molar-refractivity contribution in [3.63, 3.8) is 0 Å². The SMILES string of the molecule is CC(=O)C1=C(Nc2ccc(Br)cc2)C[C@](C)(O)[C@H](C(C)=O)[C@@H]1c1ccccc1. The summed E-state index contributed by atoms with van der Waals surface area (Å²) >= 11 is 3.42. The molecule has 0 bridgehead atoms. The Kier molecular flexibility index (Phi) is 5.87. The number of allylic oxidation sites excluding steroid dienone is 1. The van der Waals surface area contributed by atoms with E-state index in [0.717, 1.165) is 15.7 Å². The average Bonchev–Trinajstić information content (AvgIpc) is 2.62. The normalized spacial score (nSPS) is 24.8. The van der Waals surface area contributed by atoms with Gasteiger partial charge in [0.05, 0.1) is 11.5 Å². The summed E-state index contributed by atoms with van der Waals surface area (Å²) in [7, 11) is 0. The summed E-state index contributed by atoms with van der Waals surface area (Å²) in [5.41, 5.74) is 1.61. The molecule has 3 atom stereocenters. The lowest BCUT2D eigenvalue weighted by molar-refractivity contribution is -0.131. The van der Waals surface area contributed by atoms with Crippen LogP contribution in [0.4, 0.5) is 5.69 Å². The molecular weight excluding hydrogens is 418 g/mol. The molecule has 0 amide bonds. The predicted octanol–water partition coefficient (Wildman–Crippen LogP) is 4.85. The van der Waals surface area contributed by atoms with Crippen molar-refractivity contribution >= 4 is 33.2 Å². The smallest absolute Gasteiger partial charge is 0.158 e. The van der Waals surface area contributed by atoms with Crippen LogP contribution in [-0.4, -0.2) is 22.3 Å². The first-order chi connectivity index (χ1) is 13.2. The number of benzene rings is 2. The maximum Gasteiger partial charge on any atom is 0.158 e. The molecule has 2 aromatic carbocycles. The molecule has 0 radical (unpaired) electrons. The van der Waals surface area contributed by atoms with Crippen molar-refractivity contribution in [3.8, 4) is 0 Å². The minimum Gasteiger partial charge on any atom is -0.389 e. The third-order valence-corrected chi connectivity index (χ3v) is 5.82. The van der Waals surface area contributed by atoms with Gasteiger partial charge in [-0.1, -0.05) is 46.3 Å². The van der Waals surface area contributed by atoms with Gasteiger partial charge in [0.15, 0.2) is 5.78 Å². The fourth-order valence-corrected chi connectivity index (χ4v) is 4.48. The van der Waals surface area contributed by atoms with Crippen LogP contribution in [0, 0.1) is 5.92 Å². The predicted molar refractivity (Wildman–Crippen MR) is 114 cm³/mol. The van der Waals surface area contributed by atoms with Crippen molar-refractivity contribution in [3.05, 3.63) is 75.9 Å². The fourth-order valence-electron chi connectivity index (χ4n) is 4.22. The van der Waals surface area contributed by atoms with Gasteiger partial charge in [-0.25, -0.2) is 0 Å². The minimum atomic E-state index is -1.27. The van der Waals surface area contributed by atoms with Gasteiger partial charge < -0.3 is 10.4 Å². The fraction of sp³-hybridized carbons (Fsp3) is 0.304. The standard InChI is InChI=1S/C23H24BrNO3/c1-14(26)20-19(25-18-11-9-17(24)10-12-18)13-23(3,28)22(15(2)27)21(20)16-7-5-4-6-8-16/h4-12,21-22,25,28H,13H2,1-3H3/t21-,22-,23+/m1/s1. The highest BCUT2D eigenvalue weighted by Crippen LogP contribution is 2.47. The molecular formula is C23H24BrNO3. The average molecular weight is 442 g/mol. The van der Waals surface area contributed by atoms with Crippen molar-refractivity contribution < 1.29 is 14.7 Å². The molecule has 4 nitrogen and oxygen atoms in total. The Morgan fingerprint density at radius 2 is 1.68 bits per heavy atom. The van der Waals surface area contributed by atoms with Gasteiger partial charge in [0.25, 0.3) is 0 Å². The van der Waals surface area contributed by atoms with Crippen LogP contribution < -0.4 is 5.32 Å². The van der Waals surface area contributed by atoms with Crippen molar-refractivity contribution in [2.45, 2.75) is 38.7 Å². The number of carbonyl (C=O) groups excluding carboxylic acids is 2. The topological polar surface area (TPSA) is 66.4 Å². The number of hydrogen-bond donors (Lipinski definition) is 2. The zero-order chi connectivity index (χ0) is 20.5. The van der Waals surface area contributed by atoms with E-state index in [-0.39, 0.29) is 18.0 Å². The van der Waals surface area contributed by atoms with E-state index in [9.17, 15) is 14.7 Å². The van der Waals surface area contributed by atoms with Gasteiger partial charge in [0.1, 0.15) is 5.78 Å². The Labute approximate surface area is 173 Å². The van der Waals surface area contributed by atoms with Gasteiger partial charge in [-0.2, -0.15) is 0 Å². The Bertz CT molecular complexity index is 917. The Hall–Kier alpha value is -2.24. The quantitative estimate of drug-likeness (QED) is 0.695. The molecule has 0 aliphatic heterocycles. The number of ketones is 2. The highest BCUT2D eigenvalue weighted by atomic mass is 79.9. The Balaban J connectivity index is 2.18. The highest BCUT2D eigenvalue weighted by Gasteiger charge is 2.49. The maximum atomic E-state index is 12.7. The Morgan fingerprint density at radius 1 is 1.07 bits per heavy atom. The van der Waals surface area contributed by atoms with E-state index in [4.69, 9.17) is 0 Å². The number of nitrogens with one attached hydrogen (secondary N) is 1. The second kappa shape index (κ2) is 8.02. The molecule has 3 rings (SSSR count).